The summed E-state index contributed by atoms with van der Waals surface area (Å²) in [5.74, 6) is 2.18. The molecule has 0 spiro atoms. The van der Waals surface area contributed by atoms with E-state index in [0.29, 0.717) is 5.92 Å². The summed E-state index contributed by atoms with van der Waals surface area (Å²) in [5, 5.41) is 7.86. The maximum atomic E-state index is 4.59. The van der Waals surface area contributed by atoms with Gasteiger partial charge in [0.05, 0.1) is 5.69 Å². The van der Waals surface area contributed by atoms with Crippen molar-refractivity contribution in [1.29, 1.82) is 0 Å². The lowest BCUT2D eigenvalue weighted by atomic mass is 10.1. The molecule has 2 rings (SSSR count). The van der Waals surface area contributed by atoms with Crippen molar-refractivity contribution in [2.24, 2.45) is 0 Å². The Morgan fingerprint density at radius 1 is 1.26 bits per heavy atom. The lowest BCUT2D eigenvalue weighted by Gasteiger charge is -2.12. The first-order valence-electron chi connectivity index (χ1n) is 6.81. The van der Waals surface area contributed by atoms with Crippen LogP contribution in [0.15, 0.2) is 18.6 Å². The SMILES string of the molecule is CCNc1ncnc(-n2ccc(C(C)C)n2)c1CC. The van der Waals surface area contributed by atoms with Crippen molar-refractivity contribution in [1.82, 2.24) is 19.7 Å². The van der Waals surface area contributed by atoms with Gasteiger partial charge in [-0.3, -0.25) is 0 Å². The van der Waals surface area contributed by atoms with Crippen molar-refractivity contribution in [3.8, 4) is 5.82 Å². The van der Waals surface area contributed by atoms with E-state index in [0.717, 1.165) is 35.9 Å². The summed E-state index contributed by atoms with van der Waals surface area (Å²) < 4.78 is 1.84. The number of aromatic nitrogens is 4. The molecule has 5 heteroatoms. The van der Waals surface area contributed by atoms with Gasteiger partial charge < -0.3 is 5.32 Å². The van der Waals surface area contributed by atoms with E-state index in [9.17, 15) is 0 Å². The zero-order valence-electron chi connectivity index (χ0n) is 12.0. The van der Waals surface area contributed by atoms with Crippen molar-refractivity contribution < 1.29 is 0 Å². The lowest BCUT2D eigenvalue weighted by Crippen LogP contribution is -2.10. The molecule has 1 N–H and O–H groups in total. The second kappa shape index (κ2) is 5.82. The van der Waals surface area contributed by atoms with Crippen LogP contribution in [-0.2, 0) is 6.42 Å². The number of hydrogen-bond acceptors (Lipinski definition) is 4. The van der Waals surface area contributed by atoms with E-state index in [-0.39, 0.29) is 0 Å². The smallest absolute Gasteiger partial charge is 0.161 e. The van der Waals surface area contributed by atoms with Gasteiger partial charge in [0.1, 0.15) is 12.1 Å². The highest BCUT2D eigenvalue weighted by molar-refractivity contribution is 5.51. The van der Waals surface area contributed by atoms with Gasteiger partial charge in [-0.2, -0.15) is 5.10 Å². The molecule has 0 radical (unpaired) electrons. The van der Waals surface area contributed by atoms with E-state index in [1.807, 2.05) is 16.9 Å². The van der Waals surface area contributed by atoms with E-state index in [2.05, 4.69) is 48.1 Å². The molecule has 0 fully saturated rings. The van der Waals surface area contributed by atoms with Crippen LogP contribution in [0.3, 0.4) is 0 Å². The van der Waals surface area contributed by atoms with Crippen molar-refractivity contribution in [3.05, 3.63) is 29.8 Å². The molecule has 102 valence electrons. The summed E-state index contributed by atoms with van der Waals surface area (Å²) >= 11 is 0. The fourth-order valence-corrected chi connectivity index (χ4v) is 2.01. The Bertz CT molecular complexity index is 545. The van der Waals surface area contributed by atoms with E-state index in [1.165, 1.54) is 0 Å². The fraction of sp³-hybridized carbons (Fsp3) is 0.500. The van der Waals surface area contributed by atoms with Crippen LogP contribution in [-0.4, -0.2) is 26.3 Å². The zero-order valence-corrected chi connectivity index (χ0v) is 12.0. The van der Waals surface area contributed by atoms with Gasteiger partial charge in [-0.05, 0) is 25.3 Å². The van der Waals surface area contributed by atoms with Crippen LogP contribution in [0.2, 0.25) is 0 Å². The average Bonchev–Trinajstić information content (AvgIpc) is 2.88. The Morgan fingerprint density at radius 2 is 2.05 bits per heavy atom. The molecule has 0 amide bonds. The molecule has 0 bridgehead atoms. The molecule has 2 aromatic rings. The third-order valence-electron chi connectivity index (χ3n) is 3.04. The second-order valence-corrected chi connectivity index (χ2v) is 4.75. The highest BCUT2D eigenvalue weighted by Gasteiger charge is 2.12. The molecular weight excluding hydrogens is 238 g/mol. The highest BCUT2D eigenvalue weighted by atomic mass is 15.3. The van der Waals surface area contributed by atoms with Gasteiger partial charge in [-0.1, -0.05) is 20.8 Å². The first-order chi connectivity index (χ1) is 9.17. The van der Waals surface area contributed by atoms with E-state index in [4.69, 9.17) is 0 Å². The summed E-state index contributed by atoms with van der Waals surface area (Å²) in [6.07, 6.45) is 4.42. The molecule has 2 heterocycles. The summed E-state index contributed by atoms with van der Waals surface area (Å²) in [4.78, 5) is 8.69. The van der Waals surface area contributed by atoms with Crippen LogP contribution in [0.5, 0.6) is 0 Å². The van der Waals surface area contributed by atoms with Crippen LogP contribution in [0, 0.1) is 0 Å². The maximum absolute atomic E-state index is 4.59. The summed E-state index contributed by atoms with van der Waals surface area (Å²) in [6, 6.07) is 2.04. The molecule has 0 atom stereocenters. The van der Waals surface area contributed by atoms with Crippen molar-refractivity contribution >= 4 is 5.82 Å². The Balaban J connectivity index is 2.45. The van der Waals surface area contributed by atoms with Gasteiger partial charge in [0.25, 0.3) is 0 Å². The van der Waals surface area contributed by atoms with Crippen LogP contribution >= 0.6 is 0 Å². The van der Waals surface area contributed by atoms with E-state index >= 15 is 0 Å². The lowest BCUT2D eigenvalue weighted by molar-refractivity contribution is 0.749. The summed E-state index contributed by atoms with van der Waals surface area (Å²) in [7, 11) is 0. The third-order valence-corrected chi connectivity index (χ3v) is 3.04. The Labute approximate surface area is 114 Å². The topological polar surface area (TPSA) is 55.6 Å². The summed E-state index contributed by atoms with van der Waals surface area (Å²) in [6.45, 7) is 9.29. The molecule has 0 saturated heterocycles. The number of nitrogens with zero attached hydrogens (tertiary/aromatic N) is 4. The molecule has 0 aromatic carbocycles. The normalized spacial score (nSPS) is 11.0. The van der Waals surface area contributed by atoms with Crippen molar-refractivity contribution in [2.75, 3.05) is 11.9 Å². The third kappa shape index (κ3) is 2.75. The monoisotopic (exact) mass is 259 g/mol. The van der Waals surface area contributed by atoms with E-state index in [1.54, 1.807) is 6.33 Å². The minimum Gasteiger partial charge on any atom is -0.370 e. The molecule has 0 aliphatic heterocycles. The Morgan fingerprint density at radius 3 is 2.63 bits per heavy atom. The van der Waals surface area contributed by atoms with Crippen LogP contribution in [0.1, 0.15) is 44.9 Å². The quantitative estimate of drug-likeness (QED) is 0.897. The zero-order chi connectivity index (χ0) is 13.8. The van der Waals surface area contributed by atoms with E-state index < -0.39 is 0 Å². The Kier molecular flexibility index (Phi) is 4.14. The standard InChI is InChI=1S/C14H21N5/c1-5-11-13(15-6-2)16-9-17-14(11)19-8-7-12(18-19)10(3)4/h7-10H,5-6H2,1-4H3,(H,15,16,17). The molecule has 0 aliphatic rings. The van der Waals surface area contributed by atoms with Gasteiger partial charge in [0.2, 0.25) is 0 Å². The molecule has 19 heavy (non-hydrogen) atoms. The largest absolute Gasteiger partial charge is 0.370 e. The summed E-state index contributed by atoms with van der Waals surface area (Å²) in [5.41, 5.74) is 2.17. The molecular formula is C14H21N5. The van der Waals surface area contributed by atoms with Crippen LogP contribution in [0.25, 0.3) is 5.82 Å². The number of anilines is 1. The molecule has 5 nitrogen and oxygen atoms in total. The van der Waals surface area contributed by atoms with Crippen LogP contribution in [0.4, 0.5) is 5.82 Å². The first-order valence-corrected chi connectivity index (χ1v) is 6.81. The van der Waals surface area contributed by atoms with Gasteiger partial charge in [0, 0.05) is 18.3 Å². The average molecular weight is 259 g/mol. The second-order valence-electron chi connectivity index (χ2n) is 4.75. The first kappa shape index (κ1) is 13.5. The fourth-order valence-electron chi connectivity index (χ4n) is 2.01. The number of nitrogens with one attached hydrogen (secondary N) is 1. The van der Waals surface area contributed by atoms with Gasteiger partial charge >= 0.3 is 0 Å². The molecule has 2 aromatic heterocycles. The Hall–Kier alpha value is -1.91. The minimum absolute atomic E-state index is 0.418. The molecule has 0 unspecified atom stereocenters. The predicted octanol–water partition coefficient (Wildman–Crippen LogP) is 2.78. The van der Waals surface area contributed by atoms with Gasteiger partial charge in [-0.25, -0.2) is 14.6 Å². The number of hydrogen-bond donors (Lipinski definition) is 1. The maximum Gasteiger partial charge on any atom is 0.161 e. The van der Waals surface area contributed by atoms with Crippen molar-refractivity contribution in [3.63, 3.8) is 0 Å². The molecule has 0 saturated carbocycles. The van der Waals surface area contributed by atoms with Gasteiger partial charge in [-0.15, -0.1) is 0 Å². The predicted molar refractivity (Wildman–Crippen MR) is 76.8 cm³/mol. The minimum atomic E-state index is 0.418. The van der Waals surface area contributed by atoms with Crippen LogP contribution < -0.4 is 5.32 Å². The van der Waals surface area contributed by atoms with Gasteiger partial charge in [0.15, 0.2) is 5.82 Å². The van der Waals surface area contributed by atoms with Crippen molar-refractivity contribution in [2.45, 2.75) is 40.0 Å². The number of rotatable bonds is 5. The highest BCUT2D eigenvalue weighted by Crippen LogP contribution is 2.20. The molecule has 0 aliphatic carbocycles.